The number of hydrogen-bond donors (Lipinski definition) is 1. The van der Waals surface area contributed by atoms with Gasteiger partial charge in [0.25, 0.3) is 0 Å². The van der Waals surface area contributed by atoms with E-state index in [1.807, 2.05) is 29.9 Å². The highest BCUT2D eigenvalue weighted by molar-refractivity contribution is 9.10. The van der Waals surface area contributed by atoms with Gasteiger partial charge >= 0.3 is 0 Å². The van der Waals surface area contributed by atoms with Crippen LogP contribution in [0.1, 0.15) is 5.89 Å². The molecule has 92 valence electrons. The largest absolute Gasteiger partial charge is 0.338 e. The number of nitrogens with two attached hydrogens (primary N) is 1. The number of halogens is 1. The number of benzene rings is 1. The molecule has 0 saturated heterocycles. The van der Waals surface area contributed by atoms with E-state index in [-0.39, 0.29) is 6.54 Å². The molecule has 1 aromatic carbocycles. The molecule has 0 bridgehead atoms. The molecule has 6 nitrogen and oxygen atoms in total. The highest BCUT2D eigenvalue weighted by Gasteiger charge is 2.11. The molecule has 2 heterocycles. The van der Waals surface area contributed by atoms with Crippen molar-refractivity contribution >= 4 is 26.8 Å². The topological polar surface area (TPSA) is 82.8 Å². The first kappa shape index (κ1) is 11.4. The molecular formula is C11H10BrN5O. The van der Waals surface area contributed by atoms with Crippen LogP contribution in [0.3, 0.4) is 0 Å². The fourth-order valence-electron chi connectivity index (χ4n) is 1.82. The number of aryl methyl sites for hydroxylation is 1. The van der Waals surface area contributed by atoms with Gasteiger partial charge in [0, 0.05) is 18.0 Å². The summed E-state index contributed by atoms with van der Waals surface area (Å²) in [5.41, 5.74) is 7.35. The maximum atomic E-state index is 5.44. The first-order valence-corrected chi connectivity index (χ1v) is 6.13. The summed E-state index contributed by atoms with van der Waals surface area (Å²) in [5.74, 6) is 0.962. The molecule has 2 aromatic heterocycles. The smallest absolute Gasteiger partial charge is 0.240 e. The second kappa shape index (κ2) is 4.18. The predicted octanol–water partition coefficient (Wildman–Crippen LogP) is 1.84. The van der Waals surface area contributed by atoms with Crippen LogP contribution in [-0.4, -0.2) is 19.9 Å². The van der Waals surface area contributed by atoms with Crippen LogP contribution in [0.2, 0.25) is 0 Å². The second-order valence-electron chi connectivity index (χ2n) is 3.86. The maximum Gasteiger partial charge on any atom is 0.240 e. The summed E-state index contributed by atoms with van der Waals surface area (Å²) in [6.07, 6.45) is 0. The van der Waals surface area contributed by atoms with Crippen molar-refractivity contribution in [3.8, 4) is 11.4 Å². The first-order valence-electron chi connectivity index (χ1n) is 5.34. The van der Waals surface area contributed by atoms with Crippen molar-refractivity contribution in [1.82, 2.24) is 19.9 Å². The molecule has 0 amide bonds. The minimum atomic E-state index is 0.242. The molecule has 0 saturated carbocycles. The lowest BCUT2D eigenvalue weighted by Crippen LogP contribution is -1.95. The van der Waals surface area contributed by atoms with Crippen LogP contribution in [0.25, 0.3) is 22.3 Å². The molecule has 0 fully saturated rings. The van der Waals surface area contributed by atoms with Crippen molar-refractivity contribution in [2.45, 2.75) is 6.54 Å². The van der Waals surface area contributed by atoms with Crippen LogP contribution >= 0.6 is 15.9 Å². The van der Waals surface area contributed by atoms with Crippen molar-refractivity contribution in [3.63, 3.8) is 0 Å². The van der Waals surface area contributed by atoms with E-state index in [4.69, 9.17) is 10.3 Å². The standard InChI is InChI=1S/C11H10BrN5O/c1-17-8-3-2-6(4-7(8)10(12)15-17)11-14-9(5-13)18-16-11/h2-4H,5,13H2,1H3. The van der Waals surface area contributed by atoms with E-state index >= 15 is 0 Å². The molecule has 7 heteroatoms. The third kappa shape index (κ3) is 1.72. The van der Waals surface area contributed by atoms with E-state index in [1.54, 1.807) is 0 Å². The molecule has 0 radical (unpaired) electrons. The van der Waals surface area contributed by atoms with Crippen LogP contribution < -0.4 is 5.73 Å². The molecule has 3 rings (SSSR count). The van der Waals surface area contributed by atoms with Crippen LogP contribution in [0, 0.1) is 0 Å². The van der Waals surface area contributed by atoms with Gasteiger partial charge in [-0.05, 0) is 34.1 Å². The normalized spacial score (nSPS) is 11.3. The Balaban J connectivity index is 2.15. The van der Waals surface area contributed by atoms with Crippen molar-refractivity contribution in [1.29, 1.82) is 0 Å². The number of nitrogens with zero attached hydrogens (tertiary/aromatic N) is 4. The quantitative estimate of drug-likeness (QED) is 0.781. The molecule has 0 spiro atoms. The lowest BCUT2D eigenvalue weighted by Gasteiger charge is -1.96. The molecule has 18 heavy (non-hydrogen) atoms. The summed E-state index contributed by atoms with van der Waals surface area (Å²) in [6, 6.07) is 5.88. The minimum Gasteiger partial charge on any atom is -0.338 e. The van der Waals surface area contributed by atoms with Gasteiger partial charge in [-0.15, -0.1) is 0 Å². The Morgan fingerprint density at radius 2 is 2.28 bits per heavy atom. The summed E-state index contributed by atoms with van der Waals surface area (Å²) in [7, 11) is 1.90. The Morgan fingerprint density at radius 3 is 3.00 bits per heavy atom. The van der Waals surface area contributed by atoms with Crippen molar-refractivity contribution in [2.24, 2.45) is 12.8 Å². The summed E-state index contributed by atoms with van der Waals surface area (Å²) in [4.78, 5) is 4.20. The zero-order valence-electron chi connectivity index (χ0n) is 9.59. The van der Waals surface area contributed by atoms with Gasteiger partial charge in [0.15, 0.2) is 0 Å². The number of rotatable bonds is 2. The van der Waals surface area contributed by atoms with E-state index in [1.165, 1.54) is 0 Å². The Labute approximate surface area is 111 Å². The van der Waals surface area contributed by atoms with Crippen LogP contribution in [0.5, 0.6) is 0 Å². The van der Waals surface area contributed by atoms with Gasteiger partial charge in [-0.1, -0.05) is 5.16 Å². The highest BCUT2D eigenvalue weighted by atomic mass is 79.9. The molecule has 0 aliphatic heterocycles. The molecule has 3 aromatic rings. The SMILES string of the molecule is Cn1nc(Br)c2cc(-c3noc(CN)n3)ccc21. The van der Waals surface area contributed by atoms with E-state index in [2.05, 4.69) is 31.2 Å². The summed E-state index contributed by atoms with van der Waals surface area (Å²) in [6.45, 7) is 0.242. The van der Waals surface area contributed by atoms with Crippen LogP contribution in [0.4, 0.5) is 0 Å². The Bertz CT molecular complexity index is 717. The fourth-order valence-corrected chi connectivity index (χ4v) is 2.37. The van der Waals surface area contributed by atoms with E-state index in [0.29, 0.717) is 11.7 Å². The average molecular weight is 308 g/mol. The van der Waals surface area contributed by atoms with Gasteiger partial charge in [0.2, 0.25) is 11.7 Å². The minimum absolute atomic E-state index is 0.242. The van der Waals surface area contributed by atoms with Crippen molar-refractivity contribution in [2.75, 3.05) is 0 Å². The molecule has 0 atom stereocenters. The summed E-state index contributed by atoms with van der Waals surface area (Å²) < 4.78 is 7.60. The molecule has 0 aliphatic carbocycles. The van der Waals surface area contributed by atoms with Gasteiger partial charge in [0.1, 0.15) is 4.60 Å². The lowest BCUT2D eigenvalue weighted by molar-refractivity contribution is 0.380. The molecular weight excluding hydrogens is 298 g/mol. The zero-order valence-corrected chi connectivity index (χ0v) is 11.2. The molecule has 0 aliphatic rings. The van der Waals surface area contributed by atoms with E-state index in [0.717, 1.165) is 21.1 Å². The van der Waals surface area contributed by atoms with Crippen LogP contribution in [0.15, 0.2) is 27.3 Å². The second-order valence-corrected chi connectivity index (χ2v) is 4.61. The van der Waals surface area contributed by atoms with Gasteiger partial charge < -0.3 is 10.3 Å². The summed E-state index contributed by atoms with van der Waals surface area (Å²) >= 11 is 3.43. The number of fused-ring (bicyclic) bond motifs is 1. The predicted molar refractivity (Wildman–Crippen MR) is 69.6 cm³/mol. The Hall–Kier alpha value is -1.73. The third-order valence-corrected chi connectivity index (χ3v) is 3.29. The van der Waals surface area contributed by atoms with Crippen molar-refractivity contribution in [3.05, 3.63) is 28.7 Å². The highest BCUT2D eigenvalue weighted by Crippen LogP contribution is 2.27. The molecule has 2 N–H and O–H groups in total. The Morgan fingerprint density at radius 1 is 1.44 bits per heavy atom. The van der Waals surface area contributed by atoms with Gasteiger partial charge in [-0.3, -0.25) is 4.68 Å². The van der Waals surface area contributed by atoms with Gasteiger partial charge in [-0.25, -0.2) is 0 Å². The monoisotopic (exact) mass is 307 g/mol. The zero-order chi connectivity index (χ0) is 12.7. The maximum absolute atomic E-state index is 5.44. The van der Waals surface area contributed by atoms with Gasteiger partial charge in [0.05, 0.1) is 12.1 Å². The van der Waals surface area contributed by atoms with E-state index < -0.39 is 0 Å². The van der Waals surface area contributed by atoms with E-state index in [9.17, 15) is 0 Å². The number of hydrogen-bond acceptors (Lipinski definition) is 5. The lowest BCUT2D eigenvalue weighted by atomic mass is 10.1. The molecule has 0 unspecified atom stereocenters. The summed E-state index contributed by atoms with van der Waals surface area (Å²) in [5, 5.41) is 9.20. The first-order chi connectivity index (χ1) is 8.69. The number of aromatic nitrogens is 4. The Kier molecular flexibility index (Phi) is 2.64. The third-order valence-electron chi connectivity index (χ3n) is 2.71. The van der Waals surface area contributed by atoms with Crippen molar-refractivity contribution < 1.29 is 4.52 Å². The van der Waals surface area contributed by atoms with Gasteiger partial charge in [-0.2, -0.15) is 10.1 Å². The fraction of sp³-hybridized carbons (Fsp3) is 0.182. The average Bonchev–Trinajstić information content (AvgIpc) is 2.95. The van der Waals surface area contributed by atoms with Crippen LogP contribution in [-0.2, 0) is 13.6 Å².